The second-order valence-corrected chi connectivity index (χ2v) is 9.49. The summed E-state index contributed by atoms with van der Waals surface area (Å²) >= 11 is 0. The van der Waals surface area contributed by atoms with Crippen LogP contribution in [-0.2, 0) is 17.9 Å². The predicted molar refractivity (Wildman–Crippen MR) is 126 cm³/mol. The van der Waals surface area contributed by atoms with Crippen LogP contribution in [0.3, 0.4) is 0 Å². The van der Waals surface area contributed by atoms with Crippen LogP contribution in [0, 0.1) is 0 Å². The molecule has 32 heavy (non-hydrogen) atoms. The number of aromatic nitrogens is 1. The summed E-state index contributed by atoms with van der Waals surface area (Å²) in [7, 11) is 0. The average molecular weight is 430 g/mol. The molecular formula is C27H31N3O2. The molecule has 2 heterocycles. The molecule has 2 amide bonds. The molecular weight excluding hydrogens is 398 g/mol. The van der Waals surface area contributed by atoms with Crippen LogP contribution < -0.4 is 5.32 Å². The van der Waals surface area contributed by atoms with Crippen LogP contribution in [0.4, 0.5) is 0 Å². The highest BCUT2D eigenvalue weighted by atomic mass is 16.2. The number of nitrogens with one attached hydrogen (secondary N) is 1. The number of para-hydroxylation sites is 1. The van der Waals surface area contributed by atoms with Gasteiger partial charge in [0.2, 0.25) is 5.91 Å². The fourth-order valence-electron chi connectivity index (χ4n) is 5.28. The maximum Gasteiger partial charge on any atom is 0.271 e. The van der Waals surface area contributed by atoms with Crippen molar-refractivity contribution in [3.63, 3.8) is 0 Å². The minimum atomic E-state index is -0.964. The molecule has 2 aliphatic rings. The third-order valence-corrected chi connectivity index (χ3v) is 7.20. The number of benzene rings is 2. The summed E-state index contributed by atoms with van der Waals surface area (Å²) in [6.45, 7) is 2.79. The number of nitrogens with zero attached hydrogens (tertiary/aromatic N) is 2. The molecule has 1 unspecified atom stereocenters. The van der Waals surface area contributed by atoms with Gasteiger partial charge in [-0.2, -0.15) is 0 Å². The first-order valence-electron chi connectivity index (χ1n) is 11.8. The molecule has 3 aromatic rings. The summed E-state index contributed by atoms with van der Waals surface area (Å²) < 4.78 is 2.03. The van der Waals surface area contributed by atoms with Crippen molar-refractivity contribution in [3.05, 3.63) is 71.9 Å². The number of amides is 2. The molecule has 5 heteroatoms. The summed E-state index contributed by atoms with van der Waals surface area (Å²) in [6, 6.07) is 20.1. The van der Waals surface area contributed by atoms with Crippen molar-refractivity contribution in [2.75, 3.05) is 0 Å². The quantitative estimate of drug-likeness (QED) is 0.600. The Labute approximate surface area is 189 Å². The largest absolute Gasteiger partial charge is 0.351 e. The van der Waals surface area contributed by atoms with Gasteiger partial charge in [0.25, 0.3) is 5.91 Å². The topological polar surface area (TPSA) is 54.3 Å². The SMILES string of the molecule is CC1(C(=O)NC2CCCCCC2)Cn2c(cc3ccccc32)C(=O)N1Cc1ccccc1. The smallest absolute Gasteiger partial charge is 0.271 e. The van der Waals surface area contributed by atoms with Crippen LogP contribution in [0.2, 0.25) is 0 Å². The number of rotatable bonds is 4. The number of carbonyl (C=O) groups is 2. The second kappa shape index (κ2) is 8.45. The van der Waals surface area contributed by atoms with Crippen molar-refractivity contribution >= 4 is 22.7 Å². The van der Waals surface area contributed by atoms with Gasteiger partial charge in [-0.1, -0.05) is 74.2 Å². The highest BCUT2D eigenvalue weighted by molar-refractivity contribution is 6.03. The molecule has 0 saturated heterocycles. The molecule has 1 fully saturated rings. The molecule has 1 aliphatic heterocycles. The number of hydrogen-bond donors (Lipinski definition) is 1. The zero-order chi connectivity index (χ0) is 22.1. The summed E-state index contributed by atoms with van der Waals surface area (Å²) in [5, 5.41) is 4.36. The van der Waals surface area contributed by atoms with Gasteiger partial charge >= 0.3 is 0 Å². The van der Waals surface area contributed by atoms with Crippen LogP contribution in [-0.4, -0.2) is 32.9 Å². The molecule has 166 valence electrons. The summed E-state index contributed by atoms with van der Waals surface area (Å²) in [5.74, 6) is -0.132. The Morgan fingerprint density at radius 1 is 1.00 bits per heavy atom. The first-order valence-corrected chi connectivity index (χ1v) is 11.8. The fraction of sp³-hybridized carbons (Fsp3) is 0.407. The average Bonchev–Trinajstić information content (AvgIpc) is 2.98. The lowest BCUT2D eigenvalue weighted by Gasteiger charge is -2.44. The zero-order valence-electron chi connectivity index (χ0n) is 18.7. The van der Waals surface area contributed by atoms with E-state index in [9.17, 15) is 9.59 Å². The Morgan fingerprint density at radius 3 is 2.44 bits per heavy atom. The van der Waals surface area contributed by atoms with E-state index < -0.39 is 5.54 Å². The fourth-order valence-corrected chi connectivity index (χ4v) is 5.28. The Hall–Kier alpha value is -3.08. The van der Waals surface area contributed by atoms with Crippen molar-refractivity contribution in [1.82, 2.24) is 14.8 Å². The lowest BCUT2D eigenvalue weighted by molar-refractivity contribution is -0.134. The Bertz CT molecular complexity index is 1130. The summed E-state index contributed by atoms with van der Waals surface area (Å²) in [5.41, 5.74) is 1.72. The molecule has 0 radical (unpaired) electrons. The first-order chi connectivity index (χ1) is 15.6. The van der Waals surface area contributed by atoms with Crippen LogP contribution in [0.1, 0.15) is 61.5 Å². The third-order valence-electron chi connectivity index (χ3n) is 7.20. The zero-order valence-corrected chi connectivity index (χ0v) is 18.7. The molecule has 5 rings (SSSR count). The minimum Gasteiger partial charge on any atom is -0.351 e. The maximum absolute atomic E-state index is 13.8. The van der Waals surface area contributed by atoms with E-state index in [1.807, 2.05) is 72.2 Å². The van der Waals surface area contributed by atoms with Gasteiger partial charge in [0.1, 0.15) is 11.2 Å². The van der Waals surface area contributed by atoms with Crippen LogP contribution in [0.5, 0.6) is 0 Å². The molecule has 0 bridgehead atoms. The van der Waals surface area contributed by atoms with Gasteiger partial charge in [0.05, 0.1) is 6.54 Å². The molecule has 1 aromatic heterocycles. The van der Waals surface area contributed by atoms with Crippen molar-refractivity contribution in [2.24, 2.45) is 0 Å². The van der Waals surface area contributed by atoms with E-state index in [2.05, 4.69) is 5.32 Å². The van der Waals surface area contributed by atoms with E-state index in [-0.39, 0.29) is 17.9 Å². The Morgan fingerprint density at radius 2 is 1.69 bits per heavy atom. The van der Waals surface area contributed by atoms with Gasteiger partial charge in [0, 0.05) is 23.5 Å². The molecule has 1 saturated carbocycles. The Kier molecular flexibility index (Phi) is 5.50. The third kappa shape index (κ3) is 3.70. The van der Waals surface area contributed by atoms with Crippen molar-refractivity contribution < 1.29 is 9.59 Å². The second-order valence-electron chi connectivity index (χ2n) is 9.49. The van der Waals surface area contributed by atoms with E-state index in [4.69, 9.17) is 0 Å². The summed E-state index contributed by atoms with van der Waals surface area (Å²) in [4.78, 5) is 29.4. The summed E-state index contributed by atoms with van der Waals surface area (Å²) in [6.07, 6.45) is 6.82. The van der Waals surface area contributed by atoms with Gasteiger partial charge in [-0.15, -0.1) is 0 Å². The highest BCUT2D eigenvalue weighted by Crippen LogP contribution is 2.34. The lowest BCUT2D eigenvalue weighted by atomic mass is 9.93. The highest BCUT2D eigenvalue weighted by Gasteiger charge is 2.48. The van der Waals surface area contributed by atoms with E-state index >= 15 is 0 Å². The molecule has 1 aliphatic carbocycles. The monoisotopic (exact) mass is 429 g/mol. The van der Waals surface area contributed by atoms with Crippen LogP contribution in [0.25, 0.3) is 10.9 Å². The number of hydrogen-bond acceptors (Lipinski definition) is 2. The predicted octanol–water partition coefficient (Wildman–Crippen LogP) is 4.90. The van der Waals surface area contributed by atoms with Crippen LogP contribution >= 0.6 is 0 Å². The van der Waals surface area contributed by atoms with Gasteiger partial charge < -0.3 is 14.8 Å². The molecule has 1 N–H and O–H groups in total. The number of fused-ring (bicyclic) bond motifs is 3. The minimum absolute atomic E-state index is 0.0443. The van der Waals surface area contributed by atoms with Gasteiger partial charge in [-0.3, -0.25) is 9.59 Å². The van der Waals surface area contributed by atoms with Crippen molar-refractivity contribution in [3.8, 4) is 0 Å². The van der Waals surface area contributed by atoms with Crippen molar-refractivity contribution in [2.45, 2.75) is 70.1 Å². The maximum atomic E-state index is 13.8. The van der Waals surface area contributed by atoms with E-state index in [1.165, 1.54) is 12.8 Å². The normalized spacial score (nSPS) is 21.9. The van der Waals surface area contributed by atoms with Crippen LogP contribution in [0.15, 0.2) is 60.7 Å². The number of carbonyl (C=O) groups excluding carboxylic acids is 2. The van der Waals surface area contributed by atoms with Crippen molar-refractivity contribution in [1.29, 1.82) is 0 Å². The van der Waals surface area contributed by atoms with E-state index in [1.54, 1.807) is 4.90 Å². The lowest BCUT2D eigenvalue weighted by Crippen LogP contribution is -2.64. The molecule has 5 nitrogen and oxygen atoms in total. The van der Waals surface area contributed by atoms with E-state index in [0.29, 0.717) is 18.8 Å². The Balaban J connectivity index is 1.53. The van der Waals surface area contributed by atoms with Gasteiger partial charge in [0.15, 0.2) is 0 Å². The molecule has 2 aromatic carbocycles. The first kappa shape index (κ1) is 20.8. The molecule has 1 atom stereocenters. The standard InChI is InChI=1S/C27H31N3O2/c1-27(26(32)28-22-14-7-2-3-8-15-22)19-29-23-16-10-9-13-21(23)17-24(29)25(31)30(27)18-20-11-5-4-6-12-20/h4-6,9-13,16-17,22H,2-3,7-8,14-15,18-19H2,1H3,(H,28,32). The van der Waals surface area contributed by atoms with Gasteiger partial charge in [-0.05, 0) is 37.5 Å². The van der Waals surface area contributed by atoms with E-state index in [0.717, 1.165) is 42.1 Å². The van der Waals surface area contributed by atoms with Gasteiger partial charge in [-0.25, -0.2) is 0 Å². The molecule has 0 spiro atoms.